The number of nitrogens with two attached hydrogens (primary N) is 1. The Kier molecular flexibility index (Phi) is 6.55. The summed E-state index contributed by atoms with van der Waals surface area (Å²) in [6.07, 6.45) is 1.50. The molecule has 0 spiro atoms. The first-order chi connectivity index (χ1) is 14.8. The summed E-state index contributed by atoms with van der Waals surface area (Å²) in [7, 11) is 1.44. The van der Waals surface area contributed by atoms with Crippen molar-refractivity contribution in [2.45, 2.75) is 6.61 Å². The lowest BCUT2D eigenvalue weighted by molar-refractivity contribution is -0.384. The van der Waals surface area contributed by atoms with Crippen LogP contribution in [0.4, 0.5) is 10.5 Å². The monoisotopic (exact) mass is 443 g/mol. The van der Waals surface area contributed by atoms with E-state index < -0.39 is 28.5 Å². The lowest BCUT2D eigenvalue weighted by Gasteiger charge is -2.12. The number of carbonyl (C=O) groups excluding carboxylic acids is 3. The molecule has 1 heterocycles. The molecule has 10 nitrogen and oxygen atoms in total. The van der Waals surface area contributed by atoms with E-state index in [4.69, 9.17) is 15.2 Å². The van der Waals surface area contributed by atoms with Crippen LogP contribution in [0.15, 0.2) is 47.4 Å². The first-order valence-corrected chi connectivity index (χ1v) is 9.68. The fourth-order valence-corrected chi connectivity index (χ4v) is 3.60. The van der Waals surface area contributed by atoms with Crippen LogP contribution in [0.5, 0.6) is 11.5 Å². The summed E-state index contributed by atoms with van der Waals surface area (Å²) >= 11 is 0.711. The molecular formula is C20H17N3O7S. The van der Waals surface area contributed by atoms with Crippen molar-refractivity contribution in [2.75, 3.05) is 13.7 Å². The van der Waals surface area contributed by atoms with Crippen molar-refractivity contribution in [2.24, 2.45) is 5.73 Å². The first-order valence-electron chi connectivity index (χ1n) is 8.86. The number of nitro benzene ring substituents is 1. The number of nitro groups is 1. The molecule has 1 aliphatic heterocycles. The summed E-state index contributed by atoms with van der Waals surface area (Å²) < 4.78 is 11.0. The summed E-state index contributed by atoms with van der Waals surface area (Å²) in [5.74, 6) is -0.613. The van der Waals surface area contributed by atoms with E-state index in [-0.39, 0.29) is 17.2 Å². The zero-order valence-corrected chi connectivity index (χ0v) is 17.1. The minimum Gasteiger partial charge on any atom is -0.493 e. The van der Waals surface area contributed by atoms with Gasteiger partial charge in [-0.1, -0.05) is 18.2 Å². The second kappa shape index (κ2) is 9.30. The van der Waals surface area contributed by atoms with Crippen molar-refractivity contribution in [1.29, 1.82) is 0 Å². The van der Waals surface area contributed by atoms with Crippen molar-refractivity contribution < 1.29 is 28.8 Å². The molecule has 1 fully saturated rings. The number of carbonyl (C=O) groups is 3. The maximum absolute atomic E-state index is 12.3. The molecule has 0 saturated carbocycles. The van der Waals surface area contributed by atoms with Crippen LogP contribution in [0.2, 0.25) is 0 Å². The van der Waals surface area contributed by atoms with Gasteiger partial charge in [0.1, 0.15) is 13.2 Å². The first kappa shape index (κ1) is 21.8. The molecule has 0 bridgehead atoms. The molecule has 3 amide bonds. The van der Waals surface area contributed by atoms with E-state index in [1.54, 1.807) is 30.3 Å². The quantitative estimate of drug-likeness (QED) is 0.373. The molecule has 1 aliphatic rings. The molecule has 1 saturated heterocycles. The van der Waals surface area contributed by atoms with Gasteiger partial charge >= 0.3 is 0 Å². The van der Waals surface area contributed by atoms with Crippen molar-refractivity contribution in [3.63, 3.8) is 0 Å². The van der Waals surface area contributed by atoms with Gasteiger partial charge in [-0.05, 0) is 41.1 Å². The number of hydrogen-bond acceptors (Lipinski definition) is 8. The number of imide groups is 1. The second-order valence-corrected chi connectivity index (χ2v) is 7.35. The Labute approximate surface area is 180 Å². The number of thioether (sulfide) groups is 1. The third-order valence-corrected chi connectivity index (χ3v) is 5.10. The molecule has 0 unspecified atom stereocenters. The van der Waals surface area contributed by atoms with Crippen LogP contribution in [0.1, 0.15) is 11.1 Å². The maximum atomic E-state index is 12.3. The molecular weight excluding hydrogens is 426 g/mol. The van der Waals surface area contributed by atoms with Gasteiger partial charge in [0.05, 0.1) is 16.9 Å². The molecule has 0 aliphatic carbocycles. The summed E-state index contributed by atoms with van der Waals surface area (Å²) in [6.45, 7) is -0.390. The van der Waals surface area contributed by atoms with E-state index >= 15 is 0 Å². The molecule has 11 heteroatoms. The highest BCUT2D eigenvalue weighted by molar-refractivity contribution is 8.18. The van der Waals surface area contributed by atoms with Gasteiger partial charge in [-0.25, -0.2) is 0 Å². The number of non-ortho nitro benzene ring substituents is 1. The Morgan fingerprint density at radius 2 is 2.00 bits per heavy atom. The highest BCUT2D eigenvalue weighted by atomic mass is 32.2. The summed E-state index contributed by atoms with van der Waals surface area (Å²) in [5, 5.41) is 10.3. The van der Waals surface area contributed by atoms with Crippen molar-refractivity contribution in [3.05, 3.63) is 68.6 Å². The Morgan fingerprint density at radius 3 is 2.68 bits per heavy atom. The lowest BCUT2D eigenvalue weighted by atomic mass is 10.1. The number of ether oxygens (including phenoxy) is 2. The third kappa shape index (κ3) is 5.20. The van der Waals surface area contributed by atoms with Gasteiger partial charge in [0.15, 0.2) is 11.5 Å². The summed E-state index contributed by atoms with van der Waals surface area (Å²) in [4.78, 5) is 46.6. The third-order valence-electron chi connectivity index (χ3n) is 4.19. The van der Waals surface area contributed by atoms with Crippen molar-refractivity contribution in [3.8, 4) is 11.5 Å². The molecule has 0 radical (unpaired) electrons. The molecule has 31 heavy (non-hydrogen) atoms. The van der Waals surface area contributed by atoms with E-state index in [9.17, 15) is 24.5 Å². The van der Waals surface area contributed by atoms with Crippen LogP contribution >= 0.6 is 11.8 Å². The smallest absolute Gasteiger partial charge is 0.294 e. The van der Waals surface area contributed by atoms with E-state index in [0.29, 0.717) is 34.4 Å². The Hall–Kier alpha value is -3.86. The number of methoxy groups -OCH3 is 1. The average molecular weight is 443 g/mol. The van der Waals surface area contributed by atoms with Gasteiger partial charge in [-0.2, -0.15) is 0 Å². The fraction of sp³-hybridized carbons (Fsp3) is 0.150. The predicted molar refractivity (Wildman–Crippen MR) is 112 cm³/mol. The van der Waals surface area contributed by atoms with Crippen LogP contribution < -0.4 is 15.2 Å². The minimum absolute atomic E-state index is 0.0336. The predicted octanol–water partition coefficient (Wildman–Crippen LogP) is 2.70. The topological polar surface area (TPSA) is 142 Å². The van der Waals surface area contributed by atoms with Gasteiger partial charge in [-0.15, -0.1) is 0 Å². The van der Waals surface area contributed by atoms with E-state index in [0.717, 1.165) is 4.90 Å². The zero-order chi connectivity index (χ0) is 22.5. The van der Waals surface area contributed by atoms with Crippen LogP contribution in [0, 0.1) is 10.1 Å². The van der Waals surface area contributed by atoms with E-state index in [1.807, 2.05) is 0 Å². The highest BCUT2D eigenvalue weighted by Gasteiger charge is 2.35. The van der Waals surface area contributed by atoms with Gasteiger partial charge in [0.2, 0.25) is 5.91 Å². The summed E-state index contributed by atoms with van der Waals surface area (Å²) in [6, 6.07) is 11.0. The van der Waals surface area contributed by atoms with Gasteiger partial charge in [-0.3, -0.25) is 29.4 Å². The van der Waals surface area contributed by atoms with Crippen molar-refractivity contribution >= 4 is 40.6 Å². The minimum atomic E-state index is -0.782. The number of hydrogen-bond donors (Lipinski definition) is 1. The number of rotatable bonds is 8. The highest BCUT2D eigenvalue weighted by Crippen LogP contribution is 2.34. The van der Waals surface area contributed by atoms with Gasteiger partial charge in [0, 0.05) is 12.1 Å². The van der Waals surface area contributed by atoms with Crippen LogP contribution in [-0.4, -0.2) is 40.5 Å². The van der Waals surface area contributed by atoms with Crippen LogP contribution in [-0.2, 0) is 16.2 Å². The average Bonchev–Trinajstić information content (AvgIpc) is 2.99. The molecule has 2 N–H and O–H groups in total. The molecule has 0 aromatic heterocycles. The fourth-order valence-electron chi connectivity index (χ4n) is 2.76. The van der Waals surface area contributed by atoms with Crippen molar-refractivity contribution in [1.82, 2.24) is 4.90 Å². The molecule has 2 aromatic carbocycles. The molecule has 160 valence electrons. The standard InChI is InChI=1S/C20H17N3O7S/c1-29-16-8-12(9-17-19(25)22(10-18(21)24)20(26)31-17)5-6-15(16)30-11-13-3-2-4-14(7-13)23(27)28/h2-9H,10-11H2,1H3,(H2,21,24)/b17-9-. The molecule has 0 atom stereocenters. The SMILES string of the molecule is COc1cc(/C=C2\SC(=O)N(CC(N)=O)C2=O)ccc1OCc1cccc([N+](=O)[O-])c1. The number of primary amides is 1. The molecule has 2 aromatic rings. The lowest BCUT2D eigenvalue weighted by Crippen LogP contribution is -2.36. The summed E-state index contributed by atoms with van der Waals surface area (Å²) in [5.41, 5.74) is 6.22. The number of benzene rings is 2. The zero-order valence-electron chi connectivity index (χ0n) is 16.3. The Balaban J connectivity index is 1.76. The van der Waals surface area contributed by atoms with Crippen LogP contribution in [0.25, 0.3) is 6.08 Å². The number of nitrogens with zero attached hydrogens (tertiary/aromatic N) is 2. The maximum Gasteiger partial charge on any atom is 0.294 e. The molecule has 3 rings (SSSR count). The largest absolute Gasteiger partial charge is 0.493 e. The Morgan fingerprint density at radius 1 is 1.23 bits per heavy atom. The van der Waals surface area contributed by atoms with Crippen LogP contribution in [0.3, 0.4) is 0 Å². The normalized spacial score (nSPS) is 14.7. The Bertz CT molecular complexity index is 1100. The van der Waals surface area contributed by atoms with Gasteiger partial charge in [0.25, 0.3) is 16.8 Å². The van der Waals surface area contributed by atoms with E-state index in [1.165, 1.54) is 25.3 Å². The number of amides is 3. The second-order valence-electron chi connectivity index (χ2n) is 6.36. The van der Waals surface area contributed by atoms with Gasteiger partial charge < -0.3 is 15.2 Å². The van der Waals surface area contributed by atoms with E-state index in [2.05, 4.69) is 0 Å².